The van der Waals surface area contributed by atoms with E-state index in [1.54, 1.807) is 19.1 Å². The molecule has 3 rings (SSSR count). The summed E-state index contributed by atoms with van der Waals surface area (Å²) in [6, 6.07) is 4.57. The molecule has 0 spiro atoms. The number of nitrogens with one attached hydrogen (secondary N) is 1. The number of alkyl halides is 6. The van der Waals surface area contributed by atoms with Crippen molar-refractivity contribution in [3.8, 4) is 11.5 Å². The number of carbonyl (C=O) groups is 1. The minimum Gasteiger partial charge on any atom is -0.493 e. The van der Waals surface area contributed by atoms with E-state index in [-0.39, 0.29) is 43.3 Å². The summed E-state index contributed by atoms with van der Waals surface area (Å²) in [4.78, 5) is 14.2. The standard InChI is InChI=1S/C25H28F6N2O4/c1-5-37-23(34)33-14(2)6-16(19-10-21(35-3)22(36-4)11-20(19)33)13-32-12-15-7-17(24(26,27)28)9-18(8-15)25(29,30)31/h7-11,14,16,32H,5-6,12-13H2,1-4H3. The largest absolute Gasteiger partial charge is 0.493 e. The summed E-state index contributed by atoms with van der Waals surface area (Å²) in [5.74, 6) is 0.570. The molecule has 0 aliphatic carbocycles. The molecule has 2 atom stereocenters. The highest BCUT2D eigenvalue weighted by atomic mass is 19.4. The molecule has 1 N–H and O–H groups in total. The number of hydrogen-bond donors (Lipinski definition) is 1. The first-order valence-electron chi connectivity index (χ1n) is 11.5. The predicted molar refractivity (Wildman–Crippen MR) is 124 cm³/mol. The number of fused-ring (bicyclic) bond motifs is 1. The zero-order chi connectivity index (χ0) is 27.5. The quantitative estimate of drug-likeness (QED) is 0.419. The average Bonchev–Trinajstić information content (AvgIpc) is 2.82. The van der Waals surface area contributed by atoms with Gasteiger partial charge in [-0.05, 0) is 55.7 Å². The Morgan fingerprint density at radius 2 is 1.54 bits per heavy atom. The topological polar surface area (TPSA) is 60.0 Å². The van der Waals surface area contributed by atoms with E-state index in [0.29, 0.717) is 41.3 Å². The number of halogens is 6. The first-order chi connectivity index (χ1) is 17.3. The Morgan fingerprint density at radius 3 is 2.05 bits per heavy atom. The molecule has 1 amide bonds. The third kappa shape index (κ3) is 6.41. The number of carbonyl (C=O) groups excluding carboxylic acids is 1. The van der Waals surface area contributed by atoms with E-state index in [1.165, 1.54) is 19.1 Å². The van der Waals surface area contributed by atoms with Crippen LogP contribution >= 0.6 is 0 Å². The second kappa shape index (κ2) is 11.1. The molecular formula is C25H28F6N2O4. The summed E-state index contributed by atoms with van der Waals surface area (Å²) in [5, 5.41) is 2.98. The van der Waals surface area contributed by atoms with Crippen LogP contribution in [0, 0.1) is 0 Å². The fourth-order valence-corrected chi connectivity index (χ4v) is 4.48. The minimum absolute atomic E-state index is 0.103. The summed E-state index contributed by atoms with van der Waals surface area (Å²) >= 11 is 0. The number of benzene rings is 2. The van der Waals surface area contributed by atoms with Gasteiger partial charge in [0, 0.05) is 31.1 Å². The normalized spacial score (nSPS) is 17.8. The van der Waals surface area contributed by atoms with E-state index in [9.17, 15) is 31.1 Å². The van der Waals surface area contributed by atoms with Gasteiger partial charge in [-0.25, -0.2) is 4.79 Å². The number of rotatable bonds is 7. The SMILES string of the molecule is CCOC(=O)N1c2cc(OC)c(OC)cc2C(CNCc2cc(C(F)(F)F)cc(C(F)(F)F)c2)CC1C. The Hall–Kier alpha value is -3.15. The van der Waals surface area contributed by atoms with Gasteiger partial charge in [-0.3, -0.25) is 4.90 Å². The maximum absolute atomic E-state index is 13.2. The summed E-state index contributed by atoms with van der Waals surface area (Å²) in [6.45, 7) is 3.69. The van der Waals surface area contributed by atoms with Crippen LogP contribution in [0.3, 0.4) is 0 Å². The van der Waals surface area contributed by atoms with Crippen LogP contribution in [0.5, 0.6) is 11.5 Å². The third-order valence-corrected chi connectivity index (χ3v) is 6.13. The number of nitrogens with zero attached hydrogens (tertiary/aromatic N) is 1. The molecule has 204 valence electrons. The van der Waals surface area contributed by atoms with Gasteiger partial charge >= 0.3 is 18.4 Å². The lowest BCUT2D eigenvalue weighted by molar-refractivity contribution is -0.143. The second-order valence-electron chi connectivity index (χ2n) is 8.66. The third-order valence-electron chi connectivity index (χ3n) is 6.13. The summed E-state index contributed by atoms with van der Waals surface area (Å²) in [6.07, 6.45) is -9.91. The van der Waals surface area contributed by atoms with Crippen LogP contribution in [0.25, 0.3) is 0 Å². The molecule has 6 nitrogen and oxygen atoms in total. The lowest BCUT2D eigenvalue weighted by Crippen LogP contribution is -2.45. The van der Waals surface area contributed by atoms with Crippen LogP contribution < -0.4 is 19.7 Å². The predicted octanol–water partition coefficient (Wildman–Crippen LogP) is 6.37. The fraction of sp³-hybridized carbons (Fsp3) is 0.480. The van der Waals surface area contributed by atoms with Crippen molar-refractivity contribution >= 4 is 11.8 Å². The molecule has 1 aliphatic heterocycles. The van der Waals surface area contributed by atoms with Gasteiger partial charge < -0.3 is 19.5 Å². The lowest BCUT2D eigenvalue weighted by atomic mass is 9.85. The van der Waals surface area contributed by atoms with Gasteiger partial charge in [0.25, 0.3) is 0 Å². The monoisotopic (exact) mass is 534 g/mol. The summed E-state index contributed by atoms with van der Waals surface area (Å²) < 4.78 is 95.1. The van der Waals surface area contributed by atoms with Crippen LogP contribution in [0.2, 0.25) is 0 Å². The van der Waals surface area contributed by atoms with Crippen molar-refractivity contribution in [1.82, 2.24) is 5.32 Å². The molecule has 12 heteroatoms. The van der Waals surface area contributed by atoms with Crippen molar-refractivity contribution in [3.63, 3.8) is 0 Å². The van der Waals surface area contributed by atoms with E-state index in [2.05, 4.69) is 5.32 Å². The maximum atomic E-state index is 13.2. The first kappa shape index (κ1) is 28.4. The minimum atomic E-state index is -4.92. The Morgan fingerprint density at radius 1 is 0.973 bits per heavy atom. The average molecular weight is 534 g/mol. The highest BCUT2D eigenvalue weighted by Gasteiger charge is 2.38. The molecule has 0 saturated carbocycles. The highest BCUT2D eigenvalue weighted by molar-refractivity contribution is 5.91. The van der Waals surface area contributed by atoms with Gasteiger partial charge in [0.05, 0.1) is 37.6 Å². The lowest BCUT2D eigenvalue weighted by Gasteiger charge is -2.39. The maximum Gasteiger partial charge on any atom is 0.416 e. The Balaban J connectivity index is 1.90. The van der Waals surface area contributed by atoms with Crippen LogP contribution in [0.1, 0.15) is 48.4 Å². The molecule has 0 aromatic heterocycles. The number of anilines is 1. The molecule has 1 heterocycles. The Labute approximate surface area is 210 Å². The van der Waals surface area contributed by atoms with Gasteiger partial charge in [-0.1, -0.05) is 0 Å². The second-order valence-corrected chi connectivity index (χ2v) is 8.66. The fourth-order valence-electron chi connectivity index (χ4n) is 4.48. The number of ether oxygens (including phenoxy) is 3. The summed E-state index contributed by atoms with van der Waals surface area (Å²) in [5.41, 5.74) is -1.64. The van der Waals surface area contributed by atoms with Gasteiger partial charge in [-0.15, -0.1) is 0 Å². The Bertz CT molecular complexity index is 1090. The van der Waals surface area contributed by atoms with Gasteiger partial charge in [0.15, 0.2) is 11.5 Å². The van der Waals surface area contributed by atoms with Crippen molar-refractivity contribution in [2.45, 2.75) is 51.1 Å². The van der Waals surface area contributed by atoms with E-state index in [4.69, 9.17) is 14.2 Å². The number of amides is 1. The molecule has 0 radical (unpaired) electrons. The zero-order valence-corrected chi connectivity index (χ0v) is 20.7. The van der Waals surface area contributed by atoms with Gasteiger partial charge in [0.1, 0.15) is 0 Å². The molecule has 37 heavy (non-hydrogen) atoms. The molecule has 2 unspecified atom stereocenters. The zero-order valence-electron chi connectivity index (χ0n) is 20.7. The highest BCUT2D eigenvalue weighted by Crippen LogP contribution is 2.44. The van der Waals surface area contributed by atoms with Crippen LogP contribution in [0.15, 0.2) is 30.3 Å². The van der Waals surface area contributed by atoms with E-state index in [1.807, 2.05) is 6.92 Å². The van der Waals surface area contributed by atoms with Crippen molar-refractivity contribution in [2.24, 2.45) is 0 Å². The van der Waals surface area contributed by atoms with Crippen LogP contribution in [-0.4, -0.2) is 39.5 Å². The molecule has 1 aliphatic rings. The van der Waals surface area contributed by atoms with Crippen molar-refractivity contribution in [1.29, 1.82) is 0 Å². The van der Waals surface area contributed by atoms with E-state index in [0.717, 1.165) is 0 Å². The van der Waals surface area contributed by atoms with Gasteiger partial charge in [-0.2, -0.15) is 26.3 Å². The first-order valence-corrected chi connectivity index (χ1v) is 11.5. The van der Waals surface area contributed by atoms with E-state index < -0.39 is 29.6 Å². The van der Waals surface area contributed by atoms with Crippen LogP contribution in [-0.2, 0) is 23.6 Å². The molecular weight excluding hydrogens is 506 g/mol. The smallest absolute Gasteiger partial charge is 0.416 e. The molecule has 0 bridgehead atoms. The van der Waals surface area contributed by atoms with E-state index >= 15 is 0 Å². The van der Waals surface area contributed by atoms with Gasteiger partial charge in [0.2, 0.25) is 0 Å². The molecule has 2 aromatic carbocycles. The van der Waals surface area contributed by atoms with Crippen molar-refractivity contribution in [3.05, 3.63) is 52.6 Å². The molecule has 0 saturated heterocycles. The van der Waals surface area contributed by atoms with Crippen molar-refractivity contribution in [2.75, 3.05) is 32.3 Å². The molecule has 0 fully saturated rings. The number of hydrogen-bond acceptors (Lipinski definition) is 5. The molecule has 2 aromatic rings. The Kier molecular flexibility index (Phi) is 8.51. The van der Waals surface area contributed by atoms with Crippen molar-refractivity contribution < 1.29 is 45.3 Å². The number of methoxy groups -OCH3 is 2. The van der Waals surface area contributed by atoms with Crippen LogP contribution in [0.4, 0.5) is 36.8 Å². The summed E-state index contributed by atoms with van der Waals surface area (Å²) in [7, 11) is 2.91.